The van der Waals surface area contributed by atoms with Crippen LogP contribution in [0.15, 0.2) is 12.7 Å². The average molecular weight is 241 g/mol. The Balaban J connectivity index is 4.35. The normalized spacial score (nSPS) is 15.5. The molecule has 4 nitrogen and oxygen atoms in total. The smallest absolute Gasteiger partial charge is 0.302 e. The van der Waals surface area contributed by atoms with Crippen LogP contribution in [-0.2, 0) is 14.3 Å². The van der Waals surface area contributed by atoms with Crippen LogP contribution in [0.1, 0.15) is 40.5 Å². The van der Waals surface area contributed by atoms with Gasteiger partial charge in [0, 0.05) is 13.3 Å². The van der Waals surface area contributed by atoms with Gasteiger partial charge in [0.05, 0.1) is 0 Å². The molecular weight excluding hydrogens is 218 g/mol. The van der Waals surface area contributed by atoms with Crippen LogP contribution in [0.25, 0.3) is 0 Å². The molecule has 0 saturated heterocycles. The molecule has 1 N–H and O–H groups in total. The standard InChI is InChI=1S/C13H23NO3/c1-6-9(3)12(17-11(5)15)8-10(4)16-13(14)7-2/h7,9-10,12,14H,2,6,8H2,1,3-5H3. The fourth-order valence-corrected chi connectivity index (χ4v) is 1.51. The second kappa shape index (κ2) is 7.87. The van der Waals surface area contributed by atoms with Crippen molar-refractivity contribution in [2.45, 2.75) is 52.7 Å². The molecule has 3 atom stereocenters. The molecule has 0 heterocycles. The first-order chi connectivity index (χ1) is 7.90. The molecule has 0 rings (SSSR count). The molecule has 17 heavy (non-hydrogen) atoms. The van der Waals surface area contributed by atoms with E-state index in [0.29, 0.717) is 6.42 Å². The van der Waals surface area contributed by atoms with Crippen LogP contribution in [0, 0.1) is 11.3 Å². The molecule has 0 aromatic heterocycles. The maximum absolute atomic E-state index is 11.0. The van der Waals surface area contributed by atoms with Gasteiger partial charge in [-0.2, -0.15) is 0 Å². The average Bonchev–Trinajstić information content (AvgIpc) is 2.26. The predicted molar refractivity (Wildman–Crippen MR) is 68.1 cm³/mol. The first kappa shape index (κ1) is 15.7. The van der Waals surface area contributed by atoms with E-state index in [1.165, 1.54) is 13.0 Å². The summed E-state index contributed by atoms with van der Waals surface area (Å²) in [4.78, 5) is 11.0. The summed E-state index contributed by atoms with van der Waals surface area (Å²) in [6.45, 7) is 10.8. The monoisotopic (exact) mass is 241 g/mol. The van der Waals surface area contributed by atoms with Crippen LogP contribution < -0.4 is 0 Å². The highest BCUT2D eigenvalue weighted by Crippen LogP contribution is 2.18. The van der Waals surface area contributed by atoms with Crippen molar-refractivity contribution in [2.24, 2.45) is 5.92 Å². The minimum Gasteiger partial charge on any atom is -0.475 e. The lowest BCUT2D eigenvalue weighted by Gasteiger charge is -2.25. The van der Waals surface area contributed by atoms with Crippen LogP contribution >= 0.6 is 0 Å². The van der Waals surface area contributed by atoms with E-state index in [1.54, 1.807) is 0 Å². The molecular formula is C13H23NO3. The molecule has 0 aromatic rings. The number of hydrogen-bond donors (Lipinski definition) is 1. The summed E-state index contributed by atoms with van der Waals surface area (Å²) in [7, 11) is 0. The molecule has 3 unspecified atom stereocenters. The molecule has 0 amide bonds. The van der Waals surface area contributed by atoms with E-state index < -0.39 is 0 Å². The molecule has 0 bridgehead atoms. The fourth-order valence-electron chi connectivity index (χ4n) is 1.51. The van der Waals surface area contributed by atoms with Crippen molar-refractivity contribution in [1.29, 1.82) is 5.41 Å². The third-order valence-corrected chi connectivity index (χ3v) is 2.67. The van der Waals surface area contributed by atoms with Crippen LogP contribution in [0.3, 0.4) is 0 Å². The lowest BCUT2D eigenvalue weighted by Crippen LogP contribution is -2.29. The molecule has 4 heteroatoms. The van der Waals surface area contributed by atoms with Crippen molar-refractivity contribution in [3.63, 3.8) is 0 Å². The highest BCUT2D eigenvalue weighted by atomic mass is 16.5. The maximum atomic E-state index is 11.0. The van der Waals surface area contributed by atoms with E-state index in [-0.39, 0.29) is 30.0 Å². The van der Waals surface area contributed by atoms with E-state index in [1.807, 2.05) is 13.8 Å². The molecule has 0 fully saturated rings. The topological polar surface area (TPSA) is 59.4 Å². The molecule has 0 saturated carbocycles. The van der Waals surface area contributed by atoms with Crippen molar-refractivity contribution >= 4 is 11.9 Å². The van der Waals surface area contributed by atoms with E-state index in [0.717, 1.165) is 6.42 Å². The first-order valence-corrected chi connectivity index (χ1v) is 5.95. The van der Waals surface area contributed by atoms with Crippen molar-refractivity contribution in [3.8, 4) is 0 Å². The summed E-state index contributed by atoms with van der Waals surface area (Å²) in [6.07, 6.45) is 2.54. The lowest BCUT2D eigenvalue weighted by molar-refractivity contribution is -0.150. The van der Waals surface area contributed by atoms with Crippen LogP contribution in [0.2, 0.25) is 0 Å². The van der Waals surface area contributed by atoms with Crippen molar-refractivity contribution < 1.29 is 14.3 Å². The number of ether oxygens (including phenoxy) is 2. The van der Waals surface area contributed by atoms with Gasteiger partial charge >= 0.3 is 5.97 Å². The molecule has 0 radical (unpaired) electrons. The number of esters is 1. The highest BCUT2D eigenvalue weighted by molar-refractivity contribution is 5.84. The zero-order valence-corrected chi connectivity index (χ0v) is 11.2. The predicted octanol–water partition coefficient (Wildman–Crippen LogP) is 2.92. The number of nitrogens with one attached hydrogen (secondary N) is 1. The zero-order valence-electron chi connectivity index (χ0n) is 11.2. The van der Waals surface area contributed by atoms with Crippen molar-refractivity contribution in [2.75, 3.05) is 0 Å². The zero-order chi connectivity index (χ0) is 13.4. The summed E-state index contributed by atoms with van der Waals surface area (Å²) >= 11 is 0. The third kappa shape index (κ3) is 6.76. The minimum absolute atomic E-state index is 0.0447. The Kier molecular flexibility index (Phi) is 7.26. The maximum Gasteiger partial charge on any atom is 0.302 e. The Morgan fingerprint density at radius 3 is 2.41 bits per heavy atom. The number of carbonyl (C=O) groups is 1. The number of rotatable bonds is 7. The molecule has 0 aliphatic heterocycles. The summed E-state index contributed by atoms with van der Waals surface area (Å²) in [5.74, 6) is 0.0485. The van der Waals surface area contributed by atoms with Gasteiger partial charge in [0.25, 0.3) is 0 Å². The SMILES string of the molecule is C=CC(=N)OC(C)CC(OC(C)=O)C(C)CC. The van der Waals surface area contributed by atoms with E-state index in [4.69, 9.17) is 14.9 Å². The molecule has 0 aliphatic carbocycles. The Hall–Kier alpha value is -1.32. The Labute approximate surface area is 104 Å². The lowest BCUT2D eigenvalue weighted by atomic mass is 9.97. The van der Waals surface area contributed by atoms with E-state index in [2.05, 4.69) is 13.5 Å². The minimum atomic E-state index is -0.277. The van der Waals surface area contributed by atoms with Gasteiger partial charge in [-0.1, -0.05) is 26.8 Å². The second-order valence-electron chi connectivity index (χ2n) is 4.27. The van der Waals surface area contributed by atoms with Gasteiger partial charge in [0.2, 0.25) is 5.90 Å². The van der Waals surface area contributed by atoms with Crippen LogP contribution in [0.5, 0.6) is 0 Å². The van der Waals surface area contributed by atoms with Gasteiger partial charge in [0.15, 0.2) is 0 Å². The van der Waals surface area contributed by atoms with Gasteiger partial charge in [-0.3, -0.25) is 10.2 Å². The quantitative estimate of drug-likeness (QED) is 0.423. The Morgan fingerprint density at radius 1 is 1.41 bits per heavy atom. The van der Waals surface area contributed by atoms with Crippen LogP contribution in [-0.4, -0.2) is 24.1 Å². The van der Waals surface area contributed by atoms with Gasteiger partial charge in [-0.25, -0.2) is 0 Å². The van der Waals surface area contributed by atoms with Gasteiger partial charge in [-0.05, 0) is 18.9 Å². The molecule has 98 valence electrons. The summed E-state index contributed by atoms with van der Waals surface area (Å²) in [6, 6.07) is 0. The third-order valence-electron chi connectivity index (χ3n) is 2.67. The number of carbonyl (C=O) groups excluding carboxylic acids is 1. The largest absolute Gasteiger partial charge is 0.475 e. The van der Waals surface area contributed by atoms with Gasteiger partial charge < -0.3 is 9.47 Å². The van der Waals surface area contributed by atoms with E-state index in [9.17, 15) is 4.79 Å². The Bertz CT molecular complexity index is 276. The van der Waals surface area contributed by atoms with Gasteiger partial charge in [0.1, 0.15) is 12.2 Å². The van der Waals surface area contributed by atoms with Crippen molar-refractivity contribution in [3.05, 3.63) is 12.7 Å². The van der Waals surface area contributed by atoms with Gasteiger partial charge in [-0.15, -0.1) is 0 Å². The van der Waals surface area contributed by atoms with E-state index >= 15 is 0 Å². The highest BCUT2D eigenvalue weighted by Gasteiger charge is 2.22. The summed E-state index contributed by atoms with van der Waals surface area (Å²) in [5, 5.41) is 7.36. The van der Waals surface area contributed by atoms with Crippen LogP contribution in [0.4, 0.5) is 0 Å². The molecule has 0 aliphatic rings. The second-order valence-corrected chi connectivity index (χ2v) is 4.27. The number of hydrogen-bond acceptors (Lipinski definition) is 4. The summed E-state index contributed by atoms with van der Waals surface area (Å²) < 4.78 is 10.6. The fraction of sp³-hybridized carbons (Fsp3) is 0.692. The van der Waals surface area contributed by atoms with Crippen molar-refractivity contribution in [1.82, 2.24) is 0 Å². The molecule has 0 spiro atoms. The summed E-state index contributed by atoms with van der Waals surface area (Å²) in [5.41, 5.74) is 0. The molecule has 0 aromatic carbocycles. The Morgan fingerprint density at radius 2 is 2.00 bits per heavy atom. The first-order valence-electron chi connectivity index (χ1n) is 5.95.